The number of nitrogens with zero attached hydrogens (tertiary/aromatic N) is 2. The molecule has 1 aromatic carbocycles. The Bertz CT molecular complexity index is 445. The van der Waals surface area contributed by atoms with Gasteiger partial charge in [-0.2, -0.15) is 0 Å². The van der Waals surface area contributed by atoms with Gasteiger partial charge < -0.3 is 9.15 Å². The Hall–Kier alpha value is -1.33. The fraction of sp³-hybridized carbons (Fsp3) is 0.333. The summed E-state index contributed by atoms with van der Waals surface area (Å²) in [5.41, 5.74) is 1.27. The lowest BCUT2D eigenvalue weighted by molar-refractivity contribution is 0.257. The summed E-state index contributed by atoms with van der Waals surface area (Å²) in [5.74, 6) is 1.20. The van der Waals surface area contributed by atoms with Crippen molar-refractivity contribution in [2.75, 3.05) is 13.0 Å². The van der Waals surface area contributed by atoms with Crippen LogP contribution in [-0.2, 0) is 17.6 Å². The van der Waals surface area contributed by atoms with Gasteiger partial charge in [-0.05, 0) is 23.7 Å². The van der Waals surface area contributed by atoms with Gasteiger partial charge in [0.05, 0.1) is 0 Å². The number of ether oxygens (including phenoxy) is 1. The van der Waals surface area contributed by atoms with Crippen LogP contribution in [-0.4, -0.2) is 23.2 Å². The minimum atomic E-state index is 0.528. The van der Waals surface area contributed by atoms with Crippen molar-refractivity contribution >= 4 is 11.8 Å². The molecule has 0 atom stereocenters. The Labute approximate surface area is 104 Å². The van der Waals surface area contributed by atoms with Crippen LogP contribution < -0.4 is 0 Å². The second-order valence-corrected chi connectivity index (χ2v) is 4.37. The number of aromatic nitrogens is 2. The molecule has 0 unspecified atom stereocenters. The van der Waals surface area contributed by atoms with Crippen molar-refractivity contribution in [2.45, 2.75) is 18.1 Å². The largest absolute Gasteiger partial charge is 0.416 e. The summed E-state index contributed by atoms with van der Waals surface area (Å²) in [4.78, 5) is 0. The molecule has 1 heterocycles. The maximum Gasteiger partial charge on any atom is 0.278 e. The average Bonchev–Trinajstić information content (AvgIpc) is 2.83. The van der Waals surface area contributed by atoms with E-state index in [9.17, 15) is 0 Å². The van der Waals surface area contributed by atoms with Gasteiger partial charge in [-0.25, -0.2) is 0 Å². The molecule has 5 heteroatoms. The van der Waals surface area contributed by atoms with Crippen molar-refractivity contribution in [1.82, 2.24) is 10.2 Å². The number of hydrogen-bond acceptors (Lipinski definition) is 5. The lowest BCUT2D eigenvalue weighted by Crippen LogP contribution is -1.90. The Kier molecular flexibility index (Phi) is 4.58. The van der Waals surface area contributed by atoms with E-state index in [4.69, 9.17) is 9.15 Å². The maximum absolute atomic E-state index is 5.47. The first kappa shape index (κ1) is 12.1. The Morgan fingerprint density at radius 3 is 2.76 bits per heavy atom. The molecule has 0 amide bonds. The normalized spacial score (nSPS) is 10.6. The molecule has 90 valence electrons. The lowest BCUT2D eigenvalue weighted by atomic mass is 10.1. The molecule has 0 bridgehead atoms. The number of hydrogen-bond donors (Lipinski definition) is 0. The molecule has 0 spiro atoms. The minimum absolute atomic E-state index is 0.528. The Morgan fingerprint density at radius 1 is 1.18 bits per heavy atom. The molecule has 2 rings (SSSR count). The quantitative estimate of drug-likeness (QED) is 0.582. The number of thioether (sulfide) groups is 1. The van der Waals surface area contributed by atoms with E-state index >= 15 is 0 Å². The van der Waals surface area contributed by atoms with E-state index < -0.39 is 0 Å². The highest BCUT2D eigenvalue weighted by atomic mass is 32.2. The molecule has 0 aliphatic heterocycles. The van der Waals surface area contributed by atoms with Crippen LogP contribution >= 0.6 is 11.8 Å². The van der Waals surface area contributed by atoms with Crippen molar-refractivity contribution < 1.29 is 9.15 Å². The molecule has 1 aromatic heterocycles. The smallest absolute Gasteiger partial charge is 0.278 e. The van der Waals surface area contributed by atoms with Gasteiger partial charge in [0.2, 0.25) is 5.89 Å². The van der Waals surface area contributed by atoms with Gasteiger partial charge in [0.25, 0.3) is 5.22 Å². The van der Waals surface area contributed by atoms with Gasteiger partial charge in [-0.1, -0.05) is 30.3 Å². The molecule has 0 N–H and O–H groups in total. The zero-order valence-electron chi connectivity index (χ0n) is 9.63. The van der Waals surface area contributed by atoms with Crippen LogP contribution in [0, 0.1) is 0 Å². The first-order valence-corrected chi connectivity index (χ1v) is 6.35. The molecule has 0 aliphatic rings. The summed E-state index contributed by atoms with van der Waals surface area (Å²) in [6.07, 6.45) is 1.68. The van der Waals surface area contributed by atoms with Crippen LogP contribution in [0.5, 0.6) is 0 Å². The van der Waals surface area contributed by atoms with Gasteiger partial charge in [0.1, 0.15) is 5.94 Å². The summed E-state index contributed by atoms with van der Waals surface area (Å²) < 4.78 is 10.4. The van der Waals surface area contributed by atoms with Crippen molar-refractivity contribution in [1.29, 1.82) is 0 Å². The zero-order chi connectivity index (χ0) is 11.9. The third kappa shape index (κ3) is 3.87. The molecule has 2 aromatic rings. The van der Waals surface area contributed by atoms with Crippen LogP contribution in [0.15, 0.2) is 40.0 Å². The third-order valence-corrected chi connectivity index (χ3v) is 2.98. The Morgan fingerprint density at radius 2 is 2.00 bits per heavy atom. The van der Waals surface area contributed by atoms with E-state index in [1.807, 2.05) is 18.2 Å². The van der Waals surface area contributed by atoms with Crippen molar-refractivity contribution in [3.8, 4) is 0 Å². The number of methoxy groups -OCH3 is 1. The zero-order valence-corrected chi connectivity index (χ0v) is 10.4. The van der Waals surface area contributed by atoms with Gasteiger partial charge in [-0.15, -0.1) is 10.2 Å². The predicted molar refractivity (Wildman–Crippen MR) is 65.9 cm³/mol. The topological polar surface area (TPSA) is 48.2 Å². The minimum Gasteiger partial charge on any atom is -0.416 e. The highest BCUT2D eigenvalue weighted by molar-refractivity contribution is 7.98. The number of aryl methyl sites for hydroxylation is 2. The van der Waals surface area contributed by atoms with Gasteiger partial charge in [0, 0.05) is 13.5 Å². The average molecular weight is 250 g/mol. The lowest BCUT2D eigenvalue weighted by Gasteiger charge is -1.96. The third-order valence-electron chi connectivity index (χ3n) is 2.22. The van der Waals surface area contributed by atoms with E-state index in [-0.39, 0.29) is 0 Å². The molecule has 0 aliphatic carbocycles. The SMILES string of the molecule is COCSc1nnc(CCc2ccccc2)o1. The maximum atomic E-state index is 5.47. The first-order valence-electron chi connectivity index (χ1n) is 5.36. The second kappa shape index (κ2) is 6.42. The molecule has 0 saturated carbocycles. The van der Waals surface area contributed by atoms with E-state index in [0.717, 1.165) is 12.8 Å². The monoisotopic (exact) mass is 250 g/mol. The standard InChI is InChI=1S/C12H14N2O2S/c1-15-9-17-12-14-13-11(16-12)8-7-10-5-3-2-4-6-10/h2-6H,7-9H2,1H3. The molecule has 4 nitrogen and oxygen atoms in total. The van der Waals surface area contributed by atoms with Gasteiger partial charge in [-0.3, -0.25) is 0 Å². The highest BCUT2D eigenvalue weighted by Crippen LogP contribution is 2.16. The van der Waals surface area contributed by atoms with E-state index in [1.54, 1.807) is 7.11 Å². The van der Waals surface area contributed by atoms with E-state index in [0.29, 0.717) is 17.1 Å². The molecule has 0 saturated heterocycles. The van der Waals surface area contributed by atoms with Crippen molar-refractivity contribution in [3.05, 3.63) is 41.8 Å². The van der Waals surface area contributed by atoms with E-state index in [1.165, 1.54) is 17.3 Å². The molecule has 0 radical (unpaired) electrons. The van der Waals surface area contributed by atoms with Crippen LogP contribution in [0.4, 0.5) is 0 Å². The number of benzene rings is 1. The fourth-order valence-electron chi connectivity index (χ4n) is 1.40. The predicted octanol–water partition coefficient (Wildman–Crippen LogP) is 2.55. The summed E-state index contributed by atoms with van der Waals surface area (Å²) >= 11 is 1.40. The molecular weight excluding hydrogens is 236 g/mol. The van der Waals surface area contributed by atoms with Crippen molar-refractivity contribution in [2.24, 2.45) is 0 Å². The van der Waals surface area contributed by atoms with E-state index in [2.05, 4.69) is 22.3 Å². The summed E-state index contributed by atoms with van der Waals surface area (Å²) in [5, 5.41) is 8.49. The fourth-order valence-corrected chi connectivity index (χ4v) is 1.88. The highest BCUT2D eigenvalue weighted by Gasteiger charge is 2.06. The van der Waals surface area contributed by atoms with Crippen LogP contribution in [0.3, 0.4) is 0 Å². The molecule has 17 heavy (non-hydrogen) atoms. The summed E-state index contributed by atoms with van der Waals surface area (Å²) in [6.45, 7) is 0. The molecular formula is C12H14N2O2S. The van der Waals surface area contributed by atoms with Crippen LogP contribution in [0.25, 0.3) is 0 Å². The molecule has 0 fully saturated rings. The van der Waals surface area contributed by atoms with Crippen LogP contribution in [0.2, 0.25) is 0 Å². The Balaban J connectivity index is 1.85. The van der Waals surface area contributed by atoms with Gasteiger partial charge in [0.15, 0.2) is 0 Å². The van der Waals surface area contributed by atoms with Crippen LogP contribution in [0.1, 0.15) is 11.5 Å². The van der Waals surface area contributed by atoms with Gasteiger partial charge >= 0.3 is 0 Å². The summed E-state index contributed by atoms with van der Waals surface area (Å²) in [6, 6.07) is 10.3. The van der Waals surface area contributed by atoms with Crippen molar-refractivity contribution in [3.63, 3.8) is 0 Å². The summed E-state index contributed by atoms with van der Waals surface area (Å²) in [7, 11) is 1.64. The second-order valence-electron chi connectivity index (χ2n) is 3.50. The number of rotatable bonds is 6. The first-order chi connectivity index (χ1) is 8.38.